The molecular weight excluding hydrogens is 380 g/mol. The molecule has 0 spiro atoms. The molecule has 3 nitrogen and oxygen atoms in total. The Balaban J connectivity index is 1.54. The molecule has 0 bridgehead atoms. The number of ether oxygens (including phenoxy) is 1. The molecule has 3 heteroatoms. The standard InChI is InChI=1S/C28H34N2O/c1-2-3-4-5-6-13-22-31-28-20-18-25(19-21-28)23-29-30(27-16-11-8-12-17-27)24-26-14-9-7-10-15-26/h7-12,14-21,23H,2-6,13,22,24H2,1H3. The van der Waals surface area contributed by atoms with E-state index in [1.165, 1.54) is 37.7 Å². The van der Waals surface area contributed by atoms with Crippen LogP contribution >= 0.6 is 0 Å². The van der Waals surface area contributed by atoms with E-state index in [-0.39, 0.29) is 0 Å². The summed E-state index contributed by atoms with van der Waals surface area (Å²) in [5.74, 6) is 0.926. The smallest absolute Gasteiger partial charge is 0.119 e. The molecule has 31 heavy (non-hydrogen) atoms. The summed E-state index contributed by atoms with van der Waals surface area (Å²) in [6.45, 7) is 3.76. The molecule has 0 unspecified atom stereocenters. The van der Waals surface area contributed by atoms with Crippen molar-refractivity contribution in [3.63, 3.8) is 0 Å². The first-order valence-corrected chi connectivity index (χ1v) is 11.5. The molecular formula is C28H34N2O. The van der Waals surface area contributed by atoms with Crippen LogP contribution in [0.1, 0.15) is 56.6 Å². The minimum absolute atomic E-state index is 0.723. The largest absolute Gasteiger partial charge is 0.494 e. The topological polar surface area (TPSA) is 24.8 Å². The Bertz CT molecular complexity index is 876. The maximum atomic E-state index is 5.89. The number of hydrogen-bond donors (Lipinski definition) is 0. The molecule has 0 N–H and O–H groups in total. The highest BCUT2D eigenvalue weighted by Crippen LogP contribution is 2.18. The summed E-state index contributed by atoms with van der Waals surface area (Å²) < 4.78 is 5.89. The van der Waals surface area contributed by atoms with Gasteiger partial charge in [-0.15, -0.1) is 0 Å². The molecule has 0 aliphatic carbocycles. The fourth-order valence-electron chi connectivity index (χ4n) is 3.41. The number of rotatable bonds is 13. The third-order valence-corrected chi connectivity index (χ3v) is 5.22. The highest BCUT2D eigenvalue weighted by Gasteiger charge is 2.05. The fourth-order valence-corrected chi connectivity index (χ4v) is 3.41. The first-order valence-electron chi connectivity index (χ1n) is 11.5. The molecule has 0 saturated heterocycles. The van der Waals surface area contributed by atoms with Gasteiger partial charge in [-0.2, -0.15) is 5.10 Å². The van der Waals surface area contributed by atoms with Gasteiger partial charge in [0.1, 0.15) is 5.75 Å². The third-order valence-electron chi connectivity index (χ3n) is 5.22. The van der Waals surface area contributed by atoms with Crippen LogP contribution in [0.5, 0.6) is 5.75 Å². The molecule has 3 aromatic rings. The lowest BCUT2D eigenvalue weighted by molar-refractivity contribution is 0.304. The average molecular weight is 415 g/mol. The zero-order valence-corrected chi connectivity index (χ0v) is 18.6. The Labute approximate surface area is 187 Å². The Morgan fingerprint density at radius 1 is 0.742 bits per heavy atom. The molecule has 162 valence electrons. The molecule has 0 atom stereocenters. The molecule has 0 amide bonds. The normalized spacial score (nSPS) is 11.0. The molecule has 0 saturated carbocycles. The van der Waals surface area contributed by atoms with Crippen LogP contribution in [0.4, 0.5) is 5.69 Å². The Morgan fingerprint density at radius 2 is 1.39 bits per heavy atom. The quantitative estimate of drug-likeness (QED) is 0.165. The van der Waals surface area contributed by atoms with Crippen molar-refractivity contribution in [2.24, 2.45) is 5.10 Å². The van der Waals surface area contributed by atoms with Crippen molar-refractivity contribution >= 4 is 11.9 Å². The van der Waals surface area contributed by atoms with Gasteiger partial charge in [0.25, 0.3) is 0 Å². The number of hydrazone groups is 1. The van der Waals surface area contributed by atoms with Crippen molar-refractivity contribution in [3.8, 4) is 5.75 Å². The minimum Gasteiger partial charge on any atom is -0.494 e. The van der Waals surface area contributed by atoms with Crippen molar-refractivity contribution in [3.05, 3.63) is 96.1 Å². The molecule has 0 aliphatic rings. The maximum Gasteiger partial charge on any atom is 0.119 e. The van der Waals surface area contributed by atoms with Crippen LogP contribution in [0.2, 0.25) is 0 Å². The van der Waals surface area contributed by atoms with Gasteiger partial charge >= 0.3 is 0 Å². The number of para-hydroxylation sites is 1. The van der Waals surface area contributed by atoms with Crippen LogP contribution in [0, 0.1) is 0 Å². The maximum absolute atomic E-state index is 5.89. The van der Waals surface area contributed by atoms with Crippen LogP contribution < -0.4 is 9.75 Å². The average Bonchev–Trinajstić information content (AvgIpc) is 2.83. The highest BCUT2D eigenvalue weighted by molar-refractivity contribution is 5.80. The van der Waals surface area contributed by atoms with E-state index >= 15 is 0 Å². The van der Waals surface area contributed by atoms with Crippen molar-refractivity contribution in [1.29, 1.82) is 0 Å². The van der Waals surface area contributed by atoms with Gasteiger partial charge in [0.05, 0.1) is 25.1 Å². The van der Waals surface area contributed by atoms with E-state index in [1.54, 1.807) is 0 Å². The zero-order chi connectivity index (χ0) is 21.6. The first-order chi connectivity index (χ1) is 15.3. The Kier molecular flexibility index (Phi) is 9.68. The van der Waals surface area contributed by atoms with Crippen molar-refractivity contribution in [2.45, 2.75) is 52.0 Å². The summed E-state index contributed by atoms with van der Waals surface area (Å²) in [5, 5.41) is 6.79. The zero-order valence-electron chi connectivity index (χ0n) is 18.6. The molecule has 0 aliphatic heterocycles. The number of nitrogens with zero attached hydrogens (tertiary/aromatic N) is 2. The third kappa shape index (κ3) is 8.29. The second kappa shape index (κ2) is 13.3. The molecule has 0 radical (unpaired) electrons. The van der Waals surface area contributed by atoms with E-state index < -0.39 is 0 Å². The second-order valence-electron chi connectivity index (χ2n) is 7.81. The van der Waals surface area contributed by atoms with E-state index in [0.29, 0.717) is 0 Å². The van der Waals surface area contributed by atoms with Gasteiger partial charge in [0.2, 0.25) is 0 Å². The number of anilines is 1. The lowest BCUT2D eigenvalue weighted by Gasteiger charge is -2.19. The lowest BCUT2D eigenvalue weighted by atomic mass is 10.1. The van der Waals surface area contributed by atoms with Gasteiger partial charge in [0, 0.05) is 0 Å². The van der Waals surface area contributed by atoms with Gasteiger partial charge in [0.15, 0.2) is 0 Å². The summed E-state index contributed by atoms with van der Waals surface area (Å²) in [6, 6.07) is 28.9. The molecule has 0 heterocycles. The van der Waals surface area contributed by atoms with Crippen molar-refractivity contribution < 1.29 is 4.74 Å². The summed E-state index contributed by atoms with van der Waals surface area (Å²) in [7, 11) is 0. The van der Waals surface area contributed by atoms with Gasteiger partial charge in [-0.05, 0) is 53.9 Å². The Morgan fingerprint density at radius 3 is 2.10 bits per heavy atom. The number of hydrogen-bond acceptors (Lipinski definition) is 3. The summed E-state index contributed by atoms with van der Waals surface area (Å²) in [4.78, 5) is 0. The van der Waals surface area contributed by atoms with Crippen LogP contribution in [-0.4, -0.2) is 12.8 Å². The summed E-state index contributed by atoms with van der Waals surface area (Å²) in [5.41, 5.74) is 3.35. The summed E-state index contributed by atoms with van der Waals surface area (Å²) in [6.07, 6.45) is 9.58. The molecule has 3 aromatic carbocycles. The van der Waals surface area contributed by atoms with Gasteiger partial charge in [-0.3, -0.25) is 5.01 Å². The van der Waals surface area contributed by atoms with E-state index in [9.17, 15) is 0 Å². The van der Waals surface area contributed by atoms with Crippen LogP contribution in [0.3, 0.4) is 0 Å². The van der Waals surface area contributed by atoms with E-state index in [4.69, 9.17) is 9.84 Å². The molecule has 0 fully saturated rings. The van der Waals surface area contributed by atoms with Crippen LogP contribution in [0.25, 0.3) is 0 Å². The van der Waals surface area contributed by atoms with Gasteiger partial charge < -0.3 is 4.74 Å². The highest BCUT2D eigenvalue weighted by atomic mass is 16.5. The predicted octanol–water partition coefficient (Wildman–Crippen LogP) is 7.47. The second-order valence-corrected chi connectivity index (χ2v) is 7.81. The fraction of sp³-hybridized carbons (Fsp3) is 0.321. The van der Waals surface area contributed by atoms with Gasteiger partial charge in [-0.25, -0.2) is 0 Å². The SMILES string of the molecule is CCCCCCCCOc1ccc(C=NN(Cc2ccccc2)c2ccccc2)cc1. The van der Waals surface area contributed by atoms with E-state index in [1.807, 2.05) is 47.6 Å². The first kappa shape index (κ1) is 22.6. The molecule has 3 rings (SSSR count). The van der Waals surface area contributed by atoms with Crippen molar-refractivity contribution in [2.75, 3.05) is 11.6 Å². The number of benzene rings is 3. The minimum atomic E-state index is 0.723. The monoisotopic (exact) mass is 414 g/mol. The van der Waals surface area contributed by atoms with Crippen LogP contribution in [-0.2, 0) is 6.54 Å². The van der Waals surface area contributed by atoms with Crippen molar-refractivity contribution in [1.82, 2.24) is 0 Å². The number of unbranched alkanes of at least 4 members (excludes halogenated alkanes) is 5. The van der Waals surface area contributed by atoms with Crippen LogP contribution in [0.15, 0.2) is 90.0 Å². The van der Waals surface area contributed by atoms with E-state index in [2.05, 4.69) is 55.5 Å². The predicted molar refractivity (Wildman–Crippen MR) is 132 cm³/mol. The molecule has 0 aromatic heterocycles. The van der Waals surface area contributed by atoms with E-state index in [0.717, 1.165) is 36.6 Å². The lowest BCUT2D eigenvalue weighted by Crippen LogP contribution is -2.15. The summed E-state index contributed by atoms with van der Waals surface area (Å²) >= 11 is 0. The van der Waals surface area contributed by atoms with Gasteiger partial charge in [-0.1, -0.05) is 87.6 Å². The Hall–Kier alpha value is -3.07.